The van der Waals surface area contributed by atoms with Gasteiger partial charge in [-0.2, -0.15) is 0 Å². The molecule has 0 N–H and O–H groups in total. The molecule has 1 aromatic heterocycles. The highest BCUT2D eigenvalue weighted by atomic mass is 16.3. The maximum atomic E-state index is 6.77. The normalized spacial score (nSPS) is 15.3. The molecule has 2 nitrogen and oxygen atoms in total. The molecule has 8 rings (SSSR count). The van der Waals surface area contributed by atoms with Crippen molar-refractivity contribution < 1.29 is 4.42 Å². The predicted octanol–water partition coefficient (Wildman–Crippen LogP) is 10.0. The monoisotopic (exact) mass is 591 g/mol. The molecule has 0 amide bonds. The van der Waals surface area contributed by atoms with Crippen LogP contribution in [0, 0.1) is 0 Å². The summed E-state index contributed by atoms with van der Waals surface area (Å²) in [4.78, 5) is 2.39. The van der Waals surface area contributed by atoms with Gasteiger partial charge >= 0.3 is 0 Å². The fourth-order valence-electron chi connectivity index (χ4n) is 6.63. The van der Waals surface area contributed by atoms with E-state index in [1.807, 2.05) is 12.1 Å². The minimum Gasteiger partial charge on any atom is -0.455 e. The van der Waals surface area contributed by atoms with E-state index >= 15 is 0 Å². The highest BCUT2D eigenvalue weighted by molar-refractivity contribution is 6.17. The van der Waals surface area contributed by atoms with Crippen LogP contribution in [0.3, 0.4) is 0 Å². The zero-order valence-corrected chi connectivity index (χ0v) is 25.5. The Kier molecular flexibility index (Phi) is 7.16. The smallest absolute Gasteiger partial charge is 0.143 e. The third-order valence-electron chi connectivity index (χ3n) is 8.98. The molecule has 6 aromatic carbocycles. The van der Waals surface area contributed by atoms with Crippen LogP contribution in [-0.2, 0) is 0 Å². The molecule has 0 radical (unpaired) electrons. The average Bonchev–Trinajstić information content (AvgIpc) is 3.51. The van der Waals surface area contributed by atoms with E-state index in [9.17, 15) is 0 Å². The Morgan fingerprint density at radius 1 is 0.652 bits per heavy atom. The van der Waals surface area contributed by atoms with Crippen LogP contribution in [-0.4, -0.2) is 6.04 Å². The molecule has 1 aliphatic rings. The Bertz CT molecular complexity index is 2430. The molecule has 0 saturated carbocycles. The molecular weight excluding hydrogens is 558 g/mol. The summed E-state index contributed by atoms with van der Waals surface area (Å²) in [6.07, 6.45) is 14.3. The van der Waals surface area contributed by atoms with Crippen LogP contribution in [0.25, 0.3) is 62.1 Å². The van der Waals surface area contributed by atoms with Crippen LogP contribution in [0.2, 0.25) is 0 Å². The van der Waals surface area contributed by atoms with Gasteiger partial charge in [-0.15, -0.1) is 0 Å². The number of para-hydroxylation sites is 2. The Morgan fingerprint density at radius 3 is 2.26 bits per heavy atom. The Hall–Kier alpha value is -5.86. The van der Waals surface area contributed by atoms with Crippen molar-refractivity contribution in [1.29, 1.82) is 0 Å². The van der Waals surface area contributed by atoms with Gasteiger partial charge in [0, 0.05) is 39.2 Å². The topological polar surface area (TPSA) is 16.4 Å². The molecule has 0 saturated heterocycles. The second kappa shape index (κ2) is 11.9. The maximum absolute atomic E-state index is 6.77. The summed E-state index contributed by atoms with van der Waals surface area (Å²) < 4.78 is 6.77. The van der Waals surface area contributed by atoms with Crippen LogP contribution in [0.1, 0.15) is 12.0 Å². The van der Waals surface area contributed by atoms with Gasteiger partial charge in [0.1, 0.15) is 11.2 Å². The van der Waals surface area contributed by atoms with Crippen molar-refractivity contribution in [2.24, 2.45) is 0 Å². The van der Waals surface area contributed by atoms with E-state index in [0.717, 1.165) is 61.0 Å². The van der Waals surface area contributed by atoms with Crippen LogP contribution in [0.5, 0.6) is 0 Å². The largest absolute Gasteiger partial charge is 0.455 e. The second-order valence-corrected chi connectivity index (χ2v) is 11.8. The summed E-state index contributed by atoms with van der Waals surface area (Å²) in [5, 5.41) is 6.70. The van der Waals surface area contributed by atoms with Crippen molar-refractivity contribution in [1.82, 2.24) is 0 Å². The number of hydrogen-bond donors (Lipinski definition) is 0. The van der Waals surface area contributed by atoms with E-state index in [2.05, 4.69) is 169 Å². The van der Waals surface area contributed by atoms with Crippen molar-refractivity contribution in [3.63, 3.8) is 0 Å². The minimum atomic E-state index is 0.132. The van der Waals surface area contributed by atoms with Crippen molar-refractivity contribution in [3.8, 4) is 11.1 Å². The summed E-state index contributed by atoms with van der Waals surface area (Å²) in [6.45, 7) is 4.21. The lowest BCUT2D eigenvalue weighted by Gasteiger charge is -2.31. The number of fused-ring (bicyclic) bond motifs is 5. The number of hydrogen-bond acceptors (Lipinski definition) is 2. The molecule has 1 atom stereocenters. The first-order valence-electron chi connectivity index (χ1n) is 15.8. The third kappa shape index (κ3) is 5.04. The fourth-order valence-corrected chi connectivity index (χ4v) is 6.63. The van der Waals surface area contributed by atoms with E-state index in [4.69, 9.17) is 4.42 Å². The highest BCUT2D eigenvalue weighted by Crippen LogP contribution is 2.42. The van der Waals surface area contributed by atoms with Gasteiger partial charge in [-0.1, -0.05) is 152 Å². The first kappa shape index (κ1) is 27.7. The Balaban J connectivity index is 1.26. The van der Waals surface area contributed by atoms with Crippen LogP contribution in [0.4, 0.5) is 5.69 Å². The number of allylic oxidation sites excluding steroid dienone is 3. The number of furan rings is 1. The fraction of sp³-hybridized carbons (Fsp3) is 0.0455. The Morgan fingerprint density at radius 2 is 1.39 bits per heavy atom. The van der Waals surface area contributed by atoms with E-state index < -0.39 is 0 Å². The van der Waals surface area contributed by atoms with Crippen molar-refractivity contribution >= 4 is 56.6 Å². The first-order chi connectivity index (χ1) is 22.7. The van der Waals surface area contributed by atoms with Crippen LogP contribution >= 0.6 is 0 Å². The van der Waals surface area contributed by atoms with Gasteiger partial charge in [-0.25, -0.2) is 0 Å². The lowest BCUT2D eigenvalue weighted by molar-refractivity contribution is 0.673. The van der Waals surface area contributed by atoms with E-state index in [-0.39, 0.29) is 6.04 Å². The first-order valence-corrected chi connectivity index (χ1v) is 15.8. The number of rotatable bonds is 6. The molecular formula is C44H33NO. The average molecular weight is 592 g/mol. The van der Waals surface area contributed by atoms with Gasteiger partial charge in [-0.3, -0.25) is 0 Å². The van der Waals surface area contributed by atoms with Gasteiger partial charge in [-0.05, 0) is 51.6 Å². The molecule has 7 aromatic rings. The van der Waals surface area contributed by atoms with E-state index in [1.165, 1.54) is 16.5 Å². The summed E-state index contributed by atoms with van der Waals surface area (Å²) >= 11 is 0. The molecule has 1 unspecified atom stereocenters. The molecule has 0 aliphatic heterocycles. The van der Waals surface area contributed by atoms with Crippen molar-refractivity contribution in [2.45, 2.75) is 12.5 Å². The molecule has 1 aliphatic carbocycles. The molecule has 1 heterocycles. The Labute approximate surface area is 268 Å². The SMILES string of the molecule is C=c1cccc/c1=C/C=C/N(c1ccccc1-c1cccc2c1oc1c3ccccc3ccc21)C1C=CC(c2ccccc2)=CC1. The van der Waals surface area contributed by atoms with E-state index in [1.54, 1.807) is 0 Å². The molecule has 2 heteroatoms. The lowest BCUT2D eigenvalue weighted by atomic mass is 9.95. The molecule has 0 fully saturated rings. The van der Waals surface area contributed by atoms with Gasteiger partial charge < -0.3 is 9.32 Å². The molecule has 0 spiro atoms. The minimum absolute atomic E-state index is 0.132. The summed E-state index contributed by atoms with van der Waals surface area (Å²) in [6, 6.07) is 46.9. The molecule has 220 valence electrons. The number of benzene rings is 6. The zero-order valence-electron chi connectivity index (χ0n) is 25.5. The van der Waals surface area contributed by atoms with Crippen molar-refractivity contribution in [2.75, 3.05) is 4.90 Å². The maximum Gasteiger partial charge on any atom is 0.143 e. The van der Waals surface area contributed by atoms with Gasteiger partial charge in [0.15, 0.2) is 0 Å². The van der Waals surface area contributed by atoms with Crippen LogP contribution < -0.4 is 15.3 Å². The lowest BCUT2D eigenvalue weighted by Crippen LogP contribution is -2.30. The number of nitrogens with zero attached hydrogens (tertiary/aromatic N) is 1. The summed E-state index contributed by atoms with van der Waals surface area (Å²) in [5.74, 6) is 0. The van der Waals surface area contributed by atoms with Gasteiger partial charge in [0.05, 0.1) is 6.04 Å². The zero-order chi connectivity index (χ0) is 30.9. The molecule has 0 bridgehead atoms. The quantitative estimate of drug-likeness (QED) is 0.191. The van der Waals surface area contributed by atoms with Gasteiger partial charge in [0.25, 0.3) is 0 Å². The standard InChI is InChI=1S/C44H33NO/c1-31-13-5-6-14-32(31)18-12-30-45(36-27-24-34(25-28-36)33-15-3-2-4-16-33)42-23-10-9-20-38(42)39-21-11-22-40-41-29-26-35-17-7-8-19-37(35)43(41)46-44(39)40/h2-27,29-30,36H,1,28H2/b30-12+,32-18-. The highest BCUT2D eigenvalue weighted by Gasteiger charge is 2.22. The van der Waals surface area contributed by atoms with E-state index in [0.29, 0.717) is 0 Å². The van der Waals surface area contributed by atoms with Crippen molar-refractivity contribution in [3.05, 3.63) is 180 Å². The second-order valence-electron chi connectivity index (χ2n) is 11.8. The van der Waals surface area contributed by atoms with Gasteiger partial charge in [0.2, 0.25) is 0 Å². The third-order valence-corrected chi connectivity index (χ3v) is 8.98. The predicted molar refractivity (Wildman–Crippen MR) is 196 cm³/mol. The van der Waals surface area contributed by atoms with Crippen LogP contribution in [0.15, 0.2) is 168 Å². The summed E-state index contributed by atoms with van der Waals surface area (Å²) in [5.41, 5.74) is 7.68. The summed E-state index contributed by atoms with van der Waals surface area (Å²) in [7, 11) is 0. The number of anilines is 1. The molecule has 46 heavy (non-hydrogen) atoms.